The summed E-state index contributed by atoms with van der Waals surface area (Å²) >= 11 is 0. The summed E-state index contributed by atoms with van der Waals surface area (Å²) in [5.74, 6) is 2.02. The lowest BCUT2D eigenvalue weighted by atomic mass is 9.98. The second kappa shape index (κ2) is 4.46. The van der Waals surface area contributed by atoms with Crippen LogP contribution in [-0.2, 0) is 11.3 Å². The molecular weight excluding hydrogens is 221 g/mol. The Kier molecular flexibility index (Phi) is 3.01. The van der Waals surface area contributed by atoms with Gasteiger partial charge < -0.3 is 4.74 Å². The summed E-state index contributed by atoms with van der Waals surface area (Å²) in [4.78, 5) is 12.7. The van der Waals surface area contributed by atoms with E-state index in [1.807, 2.05) is 36.3 Å². The molecule has 0 N–H and O–H groups in total. The Morgan fingerprint density at radius 2 is 2.12 bits per heavy atom. The Hall–Kier alpha value is -2.02. The first-order chi connectivity index (χ1) is 8.13. The van der Waals surface area contributed by atoms with Crippen LogP contribution >= 0.6 is 0 Å². The summed E-state index contributed by atoms with van der Waals surface area (Å²) in [6.07, 6.45) is 4.46. The molecular formula is C13H12FNO2. The van der Waals surface area contributed by atoms with Gasteiger partial charge in [-0.1, -0.05) is 36.3 Å². The molecule has 0 saturated carbocycles. The molecule has 88 valence electrons. The van der Waals surface area contributed by atoms with Crippen LogP contribution in [-0.4, -0.2) is 29.8 Å². The van der Waals surface area contributed by atoms with E-state index >= 15 is 0 Å². The van der Waals surface area contributed by atoms with Crippen molar-refractivity contribution in [3.63, 3.8) is 0 Å². The second-order valence-corrected chi connectivity index (χ2v) is 4.01. The molecule has 1 fully saturated rings. The highest BCUT2D eigenvalue weighted by molar-refractivity contribution is 5.69. The van der Waals surface area contributed by atoms with Gasteiger partial charge in [-0.2, -0.15) is 0 Å². The zero-order valence-corrected chi connectivity index (χ0v) is 9.23. The molecule has 1 heterocycles. The summed E-state index contributed by atoms with van der Waals surface area (Å²) in [5, 5.41) is 0. The number of hydrogen-bond donors (Lipinski definition) is 0. The summed E-state index contributed by atoms with van der Waals surface area (Å²) in [7, 11) is 0. The maximum atomic E-state index is 13.3. The summed E-state index contributed by atoms with van der Waals surface area (Å²) in [6.45, 7) is 0.0136. The number of rotatable bonds is 2. The van der Waals surface area contributed by atoms with Crippen molar-refractivity contribution in [1.82, 2.24) is 4.90 Å². The Morgan fingerprint density at radius 1 is 1.47 bits per heavy atom. The number of carbonyl (C=O) groups excluding carboxylic acids is 1. The molecule has 0 spiro atoms. The number of halogens is 1. The van der Waals surface area contributed by atoms with Crippen LogP contribution in [0.5, 0.6) is 0 Å². The van der Waals surface area contributed by atoms with Crippen LogP contribution in [0.1, 0.15) is 5.56 Å². The summed E-state index contributed by atoms with van der Waals surface area (Å²) < 4.78 is 18.3. The highest BCUT2D eigenvalue weighted by Crippen LogP contribution is 2.25. The zero-order valence-electron chi connectivity index (χ0n) is 9.23. The minimum absolute atomic E-state index is 0.0862. The van der Waals surface area contributed by atoms with E-state index in [9.17, 15) is 9.18 Å². The molecule has 1 aliphatic heterocycles. The lowest BCUT2D eigenvalue weighted by Crippen LogP contribution is -2.60. The molecule has 3 nitrogen and oxygen atoms in total. The van der Waals surface area contributed by atoms with Crippen LogP contribution in [0.4, 0.5) is 9.18 Å². The van der Waals surface area contributed by atoms with Crippen LogP contribution in [0.15, 0.2) is 30.3 Å². The average molecular weight is 233 g/mol. The van der Waals surface area contributed by atoms with Gasteiger partial charge in [0, 0.05) is 0 Å². The molecule has 1 amide bonds. The SMILES string of the molecule is C#CC1(F)CN(C(=O)OCc2ccccc2)C1. The van der Waals surface area contributed by atoms with Crippen LogP contribution in [0.25, 0.3) is 0 Å². The van der Waals surface area contributed by atoms with Crippen molar-refractivity contribution in [2.75, 3.05) is 13.1 Å². The smallest absolute Gasteiger partial charge is 0.410 e. The van der Waals surface area contributed by atoms with Gasteiger partial charge in [0.05, 0.1) is 13.1 Å². The average Bonchev–Trinajstić information content (AvgIpc) is 2.33. The van der Waals surface area contributed by atoms with Gasteiger partial charge in [0.25, 0.3) is 0 Å². The first kappa shape index (κ1) is 11.5. The third-order valence-corrected chi connectivity index (χ3v) is 2.60. The highest BCUT2D eigenvalue weighted by atomic mass is 19.1. The van der Waals surface area contributed by atoms with E-state index in [0.29, 0.717) is 0 Å². The minimum atomic E-state index is -1.67. The number of nitrogens with zero attached hydrogens (tertiary/aromatic N) is 1. The Balaban J connectivity index is 1.79. The molecule has 0 aliphatic carbocycles. The normalized spacial score (nSPS) is 16.8. The molecule has 0 aromatic heterocycles. The third-order valence-electron chi connectivity index (χ3n) is 2.60. The van der Waals surface area contributed by atoms with Crippen molar-refractivity contribution in [3.05, 3.63) is 35.9 Å². The molecule has 2 rings (SSSR count). The number of amides is 1. The summed E-state index contributed by atoms with van der Waals surface area (Å²) in [5.41, 5.74) is -0.781. The third kappa shape index (κ3) is 2.56. The number of benzene rings is 1. The van der Waals surface area contributed by atoms with Gasteiger partial charge in [0.15, 0.2) is 0 Å². The van der Waals surface area contributed by atoms with E-state index in [4.69, 9.17) is 11.2 Å². The number of terminal acetylenes is 1. The molecule has 1 aromatic carbocycles. The molecule has 1 aromatic rings. The molecule has 1 aliphatic rings. The van der Waals surface area contributed by atoms with Crippen molar-refractivity contribution in [2.45, 2.75) is 12.3 Å². The van der Waals surface area contributed by atoms with E-state index in [-0.39, 0.29) is 19.7 Å². The lowest BCUT2D eigenvalue weighted by molar-refractivity contribution is 0.00317. The van der Waals surface area contributed by atoms with Crippen molar-refractivity contribution >= 4 is 6.09 Å². The maximum Gasteiger partial charge on any atom is 0.410 e. The number of ether oxygens (including phenoxy) is 1. The fraction of sp³-hybridized carbons (Fsp3) is 0.308. The topological polar surface area (TPSA) is 29.5 Å². The number of alkyl halides is 1. The highest BCUT2D eigenvalue weighted by Gasteiger charge is 2.45. The Bertz CT molecular complexity index is 446. The molecule has 0 atom stereocenters. The number of hydrogen-bond acceptors (Lipinski definition) is 2. The van der Waals surface area contributed by atoms with E-state index in [0.717, 1.165) is 5.56 Å². The molecule has 1 saturated heterocycles. The monoisotopic (exact) mass is 233 g/mol. The fourth-order valence-corrected chi connectivity index (χ4v) is 1.59. The predicted molar refractivity (Wildman–Crippen MR) is 60.9 cm³/mol. The van der Waals surface area contributed by atoms with Crippen LogP contribution in [0.2, 0.25) is 0 Å². The van der Waals surface area contributed by atoms with Gasteiger partial charge in [-0.25, -0.2) is 9.18 Å². The molecule has 17 heavy (non-hydrogen) atoms. The van der Waals surface area contributed by atoms with Gasteiger partial charge >= 0.3 is 6.09 Å². The standard InChI is InChI=1S/C13H12FNO2/c1-2-13(14)9-15(10-13)12(16)17-8-11-6-4-3-5-7-11/h1,3-7H,8-10H2. The van der Waals surface area contributed by atoms with E-state index in [1.165, 1.54) is 4.90 Å². The quantitative estimate of drug-likeness (QED) is 0.731. The van der Waals surface area contributed by atoms with Crippen LogP contribution in [0, 0.1) is 12.3 Å². The van der Waals surface area contributed by atoms with Crippen molar-refractivity contribution in [1.29, 1.82) is 0 Å². The van der Waals surface area contributed by atoms with Gasteiger partial charge in [0.1, 0.15) is 6.61 Å². The zero-order chi connectivity index (χ0) is 12.3. The molecule has 0 bridgehead atoms. The maximum absolute atomic E-state index is 13.3. The fourth-order valence-electron chi connectivity index (χ4n) is 1.59. The first-order valence-electron chi connectivity index (χ1n) is 5.25. The van der Waals surface area contributed by atoms with E-state index in [1.54, 1.807) is 0 Å². The van der Waals surface area contributed by atoms with Gasteiger partial charge in [-0.15, -0.1) is 6.42 Å². The molecule has 4 heteroatoms. The van der Waals surface area contributed by atoms with E-state index < -0.39 is 11.8 Å². The summed E-state index contributed by atoms with van der Waals surface area (Å²) in [6, 6.07) is 9.30. The number of carbonyl (C=O) groups is 1. The largest absolute Gasteiger partial charge is 0.445 e. The van der Waals surface area contributed by atoms with Gasteiger partial charge in [-0.3, -0.25) is 4.90 Å². The van der Waals surface area contributed by atoms with Crippen molar-refractivity contribution < 1.29 is 13.9 Å². The molecule has 0 radical (unpaired) electrons. The van der Waals surface area contributed by atoms with Gasteiger partial charge in [0.2, 0.25) is 5.67 Å². The van der Waals surface area contributed by atoms with Gasteiger partial charge in [-0.05, 0) is 5.56 Å². The van der Waals surface area contributed by atoms with E-state index in [2.05, 4.69) is 0 Å². The second-order valence-electron chi connectivity index (χ2n) is 4.01. The Labute approximate surface area is 99.2 Å². The first-order valence-corrected chi connectivity index (χ1v) is 5.25. The lowest BCUT2D eigenvalue weighted by Gasteiger charge is -2.39. The minimum Gasteiger partial charge on any atom is -0.445 e. The van der Waals surface area contributed by atoms with Crippen LogP contribution < -0.4 is 0 Å². The van der Waals surface area contributed by atoms with Crippen molar-refractivity contribution in [3.8, 4) is 12.3 Å². The Morgan fingerprint density at radius 3 is 2.71 bits per heavy atom. The predicted octanol–water partition coefficient (Wildman–Crippen LogP) is 1.98. The van der Waals surface area contributed by atoms with Crippen molar-refractivity contribution in [2.24, 2.45) is 0 Å². The van der Waals surface area contributed by atoms with Crippen LogP contribution in [0.3, 0.4) is 0 Å². The number of likely N-dealkylation sites (tertiary alicyclic amines) is 1. The molecule has 0 unspecified atom stereocenters.